The lowest BCUT2D eigenvalue weighted by Gasteiger charge is -2.36. The van der Waals surface area contributed by atoms with Crippen LogP contribution in [0.2, 0.25) is 0 Å². The molecule has 5 rings (SSSR count). The smallest absolute Gasteiger partial charge is 0.242 e. The molecule has 13 heteroatoms. The van der Waals surface area contributed by atoms with Gasteiger partial charge in [0.25, 0.3) is 0 Å². The van der Waals surface area contributed by atoms with Crippen molar-refractivity contribution in [3.05, 3.63) is 54.2 Å². The summed E-state index contributed by atoms with van der Waals surface area (Å²) < 4.78 is 38.8. The topological polar surface area (TPSA) is 136 Å². The van der Waals surface area contributed by atoms with Gasteiger partial charge >= 0.3 is 0 Å². The fourth-order valence-corrected chi connectivity index (χ4v) is 5.84. The predicted molar refractivity (Wildman–Crippen MR) is 156 cm³/mol. The summed E-state index contributed by atoms with van der Waals surface area (Å²) in [6, 6.07) is 5.66. The molecule has 0 aliphatic carbocycles. The molecule has 1 unspecified atom stereocenters. The second kappa shape index (κ2) is 11.5. The van der Waals surface area contributed by atoms with Gasteiger partial charge in [-0.05, 0) is 44.2 Å². The van der Waals surface area contributed by atoms with Crippen molar-refractivity contribution in [1.29, 1.82) is 0 Å². The van der Waals surface area contributed by atoms with Gasteiger partial charge in [0.05, 0.1) is 22.9 Å². The highest BCUT2D eigenvalue weighted by atomic mass is 32.2. The van der Waals surface area contributed by atoms with Crippen molar-refractivity contribution in [3.8, 4) is 11.3 Å². The molecule has 11 nitrogen and oxygen atoms in total. The van der Waals surface area contributed by atoms with Crippen LogP contribution in [0, 0.1) is 12.7 Å². The van der Waals surface area contributed by atoms with Gasteiger partial charge in [0.1, 0.15) is 4.90 Å². The van der Waals surface area contributed by atoms with Crippen molar-refractivity contribution in [3.63, 3.8) is 0 Å². The Hall–Kier alpha value is -3.94. The van der Waals surface area contributed by atoms with Crippen molar-refractivity contribution in [2.24, 2.45) is 0 Å². The van der Waals surface area contributed by atoms with E-state index in [4.69, 9.17) is 0 Å². The van der Waals surface area contributed by atoms with Crippen LogP contribution in [0.15, 0.2) is 47.8 Å². The van der Waals surface area contributed by atoms with Crippen molar-refractivity contribution < 1.29 is 17.6 Å². The number of nitrogens with one attached hydrogen (secondary N) is 3. The number of hydrogen-bond acceptors (Lipinski definition) is 9. The molecule has 216 valence electrons. The van der Waals surface area contributed by atoms with Crippen molar-refractivity contribution in [2.75, 3.05) is 50.1 Å². The number of benzene rings is 1. The summed E-state index contributed by atoms with van der Waals surface area (Å²) in [5.74, 6) is -0.474. The minimum Gasteiger partial charge on any atom is -0.357 e. The van der Waals surface area contributed by atoms with E-state index in [9.17, 15) is 17.6 Å². The first-order valence-corrected chi connectivity index (χ1v) is 15.2. The number of likely N-dealkylation sites (N-methyl/N-ethyl adjacent to an activating group) is 1. The molecular formula is C28H33FN8O3S. The number of H-pyrrole nitrogens is 1. The van der Waals surface area contributed by atoms with Gasteiger partial charge in [0.2, 0.25) is 11.9 Å². The largest absolute Gasteiger partial charge is 0.357 e. The number of pyridine rings is 1. The number of piperazine rings is 1. The van der Waals surface area contributed by atoms with Gasteiger partial charge in [0, 0.05) is 62.0 Å². The molecule has 1 fully saturated rings. The molecule has 1 aliphatic rings. The van der Waals surface area contributed by atoms with Crippen LogP contribution in [0.5, 0.6) is 0 Å². The molecule has 3 aromatic heterocycles. The number of hydrogen-bond donors (Lipinski definition) is 3. The van der Waals surface area contributed by atoms with Crippen LogP contribution in [0.4, 0.5) is 21.8 Å². The molecule has 0 radical (unpaired) electrons. The first-order chi connectivity index (χ1) is 19.6. The minimum atomic E-state index is -3.75. The van der Waals surface area contributed by atoms with Crippen LogP contribution in [0.1, 0.15) is 18.9 Å². The maximum atomic E-state index is 14.9. The third-order valence-electron chi connectivity index (χ3n) is 7.35. The summed E-state index contributed by atoms with van der Waals surface area (Å²) in [6.07, 6.45) is 6.66. The van der Waals surface area contributed by atoms with Gasteiger partial charge < -0.3 is 20.5 Å². The number of carbonyl (C=O) groups excluding carboxylic acids is 1. The monoisotopic (exact) mass is 580 g/mol. The quantitative estimate of drug-likeness (QED) is 0.286. The molecule has 41 heavy (non-hydrogen) atoms. The molecule has 1 saturated heterocycles. The number of amides is 1. The van der Waals surface area contributed by atoms with Crippen LogP contribution in [0.3, 0.4) is 0 Å². The Balaban J connectivity index is 1.43. The molecular weight excluding hydrogens is 547 g/mol. The SMILES string of the molecule is CCC(C(=O)Nc1nccc2c(-c3nc(Nc4cccc(S(C)(=O)=O)c4F)ncc3C)c[nH]c12)N1CCN(C)CC1. The lowest BCUT2D eigenvalue weighted by Crippen LogP contribution is -2.52. The summed E-state index contributed by atoms with van der Waals surface area (Å²) in [5.41, 5.74) is 2.70. The van der Waals surface area contributed by atoms with E-state index < -0.39 is 20.5 Å². The van der Waals surface area contributed by atoms with Gasteiger partial charge in [-0.1, -0.05) is 13.0 Å². The number of aromatic nitrogens is 4. The van der Waals surface area contributed by atoms with E-state index in [1.165, 1.54) is 18.2 Å². The van der Waals surface area contributed by atoms with E-state index in [1.807, 2.05) is 19.9 Å². The lowest BCUT2D eigenvalue weighted by atomic mass is 10.1. The fraction of sp³-hybridized carbons (Fsp3) is 0.357. The maximum absolute atomic E-state index is 14.9. The van der Waals surface area contributed by atoms with E-state index in [2.05, 4.69) is 47.4 Å². The Morgan fingerprint density at radius 2 is 1.93 bits per heavy atom. The predicted octanol–water partition coefficient (Wildman–Crippen LogP) is 3.58. The van der Waals surface area contributed by atoms with E-state index in [0.29, 0.717) is 23.4 Å². The zero-order valence-corrected chi connectivity index (χ0v) is 24.2. The van der Waals surface area contributed by atoms with Gasteiger partial charge in [0.15, 0.2) is 21.5 Å². The molecule has 1 aliphatic heterocycles. The number of anilines is 3. The van der Waals surface area contributed by atoms with Crippen LogP contribution < -0.4 is 10.6 Å². The summed E-state index contributed by atoms with van der Waals surface area (Å²) >= 11 is 0. The number of aromatic amines is 1. The Morgan fingerprint density at radius 3 is 2.63 bits per heavy atom. The summed E-state index contributed by atoms with van der Waals surface area (Å²) in [7, 11) is -1.67. The minimum absolute atomic E-state index is 0.0540. The second-order valence-corrected chi connectivity index (χ2v) is 12.3. The van der Waals surface area contributed by atoms with E-state index in [0.717, 1.165) is 48.9 Å². The number of fused-ring (bicyclic) bond motifs is 1. The van der Waals surface area contributed by atoms with Crippen LogP contribution in [-0.4, -0.2) is 89.6 Å². The number of carbonyl (C=O) groups is 1. The molecule has 4 aromatic rings. The van der Waals surface area contributed by atoms with Gasteiger partial charge in [-0.3, -0.25) is 9.69 Å². The molecule has 0 spiro atoms. The molecule has 1 aromatic carbocycles. The van der Waals surface area contributed by atoms with Crippen LogP contribution >= 0.6 is 0 Å². The lowest BCUT2D eigenvalue weighted by molar-refractivity contribution is -0.122. The average molecular weight is 581 g/mol. The number of halogens is 1. The van der Waals surface area contributed by atoms with Crippen LogP contribution in [-0.2, 0) is 14.6 Å². The molecule has 3 N–H and O–H groups in total. The highest BCUT2D eigenvalue weighted by Crippen LogP contribution is 2.33. The third kappa shape index (κ3) is 5.92. The Bertz CT molecular complexity index is 1700. The van der Waals surface area contributed by atoms with Gasteiger partial charge in [-0.2, -0.15) is 0 Å². The van der Waals surface area contributed by atoms with E-state index in [-0.39, 0.29) is 23.6 Å². The molecule has 1 atom stereocenters. The summed E-state index contributed by atoms with van der Waals surface area (Å²) in [6.45, 7) is 7.37. The first-order valence-electron chi connectivity index (χ1n) is 13.4. The van der Waals surface area contributed by atoms with Gasteiger partial charge in [-0.25, -0.2) is 27.8 Å². The van der Waals surface area contributed by atoms with Crippen molar-refractivity contribution in [1.82, 2.24) is 29.7 Å². The Kier molecular flexibility index (Phi) is 8.02. The first kappa shape index (κ1) is 28.6. The normalized spacial score (nSPS) is 15.6. The number of sulfone groups is 1. The van der Waals surface area contributed by atoms with Crippen LogP contribution in [0.25, 0.3) is 22.2 Å². The number of rotatable bonds is 8. The van der Waals surface area contributed by atoms with Crippen molar-refractivity contribution in [2.45, 2.75) is 31.2 Å². The molecule has 0 saturated carbocycles. The summed E-state index contributed by atoms with van der Waals surface area (Å²) in [5, 5.41) is 6.62. The highest BCUT2D eigenvalue weighted by Gasteiger charge is 2.28. The van der Waals surface area contributed by atoms with E-state index >= 15 is 0 Å². The molecule has 4 heterocycles. The molecule has 0 bridgehead atoms. The third-order valence-corrected chi connectivity index (χ3v) is 8.46. The molecule has 1 amide bonds. The van der Waals surface area contributed by atoms with Gasteiger partial charge in [-0.15, -0.1) is 0 Å². The Labute approximate surface area is 238 Å². The summed E-state index contributed by atoms with van der Waals surface area (Å²) in [4.78, 5) is 33.9. The average Bonchev–Trinajstić information content (AvgIpc) is 3.37. The fourth-order valence-electron chi connectivity index (χ4n) is 5.08. The zero-order valence-electron chi connectivity index (χ0n) is 23.4. The second-order valence-electron chi connectivity index (χ2n) is 10.3. The number of aryl methyl sites for hydroxylation is 1. The highest BCUT2D eigenvalue weighted by molar-refractivity contribution is 7.90. The van der Waals surface area contributed by atoms with Crippen molar-refractivity contribution >= 4 is 44.1 Å². The Morgan fingerprint density at radius 1 is 1.17 bits per heavy atom. The number of nitrogens with zero attached hydrogens (tertiary/aromatic N) is 5. The standard InChI is InChI=1S/C28H33FN8O3S/c1-5-21(37-13-11-36(3)12-14-37)27(38)35-26-25-18(9-10-30-26)19(16-31-25)24-17(2)15-32-28(34-24)33-20-7-6-8-22(23(20)29)41(4,39)40/h6-10,15-16,21,31H,5,11-14H2,1-4H3,(H,30,35,38)(H,32,33,34). The van der Waals surface area contributed by atoms with E-state index in [1.54, 1.807) is 18.6 Å². The maximum Gasteiger partial charge on any atom is 0.242 e. The zero-order chi connectivity index (χ0) is 29.3.